The predicted molar refractivity (Wildman–Crippen MR) is 81.9 cm³/mol. The van der Waals surface area contributed by atoms with Crippen LogP contribution in [-0.4, -0.2) is 20.2 Å². The molecule has 0 aliphatic carbocycles. The first-order valence-electron chi connectivity index (χ1n) is 6.00. The molecule has 3 nitrogen and oxygen atoms in total. The Morgan fingerprint density at radius 1 is 1.47 bits per heavy atom. The normalized spacial score (nSPS) is 13.4. The lowest BCUT2D eigenvalue weighted by molar-refractivity contribution is 0.429. The van der Waals surface area contributed by atoms with Crippen LogP contribution in [-0.2, 0) is 20.0 Å². The molecule has 0 spiro atoms. The van der Waals surface area contributed by atoms with Crippen LogP contribution in [0, 0.1) is 5.92 Å². The first kappa shape index (κ1) is 15.2. The second-order valence-electron chi connectivity index (χ2n) is 4.57. The fourth-order valence-electron chi connectivity index (χ4n) is 1.71. The first-order valence-corrected chi connectivity index (χ1v) is 7.91. The molecule has 0 aliphatic heterocycles. The molecule has 1 aromatic rings. The molecule has 1 atom stereocenters. The topological polar surface area (TPSA) is 29.9 Å². The van der Waals surface area contributed by atoms with E-state index in [0.717, 1.165) is 33.8 Å². The highest BCUT2D eigenvalue weighted by atomic mass is 127. The Morgan fingerprint density at radius 2 is 2.12 bits per heavy atom. The van der Waals surface area contributed by atoms with Gasteiger partial charge in [0.2, 0.25) is 0 Å². The molecule has 5 heteroatoms. The van der Waals surface area contributed by atoms with Crippen LogP contribution in [0.25, 0.3) is 0 Å². The van der Waals surface area contributed by atoms with Gasteiger partial charge in [-0.1, -0.05) is 55.0 Å². The molecule has 0 fully saturated rings. The molecular formula is C12H21ClIN3. The van der Waals surface area contributed by atoms with Gasteiger partial charge in [-0.15, -0.1) is 0 Å². The third-order valence-corrected chi connectivity index (χ3v) is 4.39. The van der Waals surface area contributed by atoms with Gasteiger partial charge in [-0.2, -0.15) is 5.10 Å². The molecule has 0 bridgehead atoms. The van der Waals surface area contributed by atoms with Gasteiger partial charge < -0.3 is 5.32 Å². The number of alkyl halides is 1. The molecule has 0 amide bonds. The zero-order valence-corrected chi connectivity index (χ0v) is 13.8. The number of hydrogen-bond donors (Lipinski definition) is 1. The maximum absolute atomic E-state index is 6.31. The maximum atomic E-state index is 6.31. The molecule has 1 rings (SSSR count). The van der Waals surface area contributed by atoms with Crippen molar-refractivity contribution in [2.45, 2.75) is 39.8 Å². The highest BCUT2D eigenvalue weighted by Crippen LogP contribution is 2.21. The van der Waals surface area contributed by atoms with Crippen LogP contribution in [0.1, 0.15) is 32.2 Å². The number of aryl methyl sites for hydroxylation is 2. The lowest BCUT2D eigenvalue weighted by Crippen LogP contribution is -2.35. The zero-order chi connectivity index (χ0) is 13.0. The summed E-state index contributed by atoms with van der Waals surface area (Å²) in [4.78, 5) is 0. The van der Waals surface area contributed by atoms with E-state index in [1.807, 2.05) is 11.7 Å². The summed E-state index contributed by atoms with van der Waals surface area (Å²) in [6.07, 6.45) is 0.882. The van der Waals surface area contributed by atoms with E-state index in [2.05, 4.69) is 53.8 Å². The minimum atomic E-state index is 0.520. The summed E-state index contributed by atoms with van der Waals surface area (Å²) in [6.45, 7) is 7.33. The molecule has 0 radical (unpaired) electrons. The van der Waals surface area contributed by atoms with Crippen molar-refractivity contribution in [3.63, 3.8) is 0 Å². The van der Waals surface area contributed by atoms with E-state index in [4.69, 9.17) is 11.6 Å². The van der Waals surface area contributed by atoms with Crippen LogP contribution in [0.2, 0.25) is 5.02 Å². The summed E-state index contributed by atoms with van der Waals surface area (Å²) < 4.78 is 2.99. The van der Waals surface area contributed by atoms with Crippen LogP contribution >= 0.6 is 34.2 Å². The van der Waals surface area contributed by atoms with E-state index in [1.54, 1.807) is 0 Å². The van der Waals surface area contributed by atoms with Gasteiger partial charge in [-0.25, -0.2) is 0 Å². The van der Waals surface area contributed by atoms with Crippen LogP contribution in [0.3, 0.4) is 0 Å². The molecule has 1 unspecified atom stereocenters. The quantitative estimate of drug-likeness (QED) is 0.616. The average molecular weight is 370 g/mol. The molecule has 0 saturated heterocycles. The van der Waals surface area contributed by atoms with E-state index in [1.165, 1.54) is 0 Å². The lowest BCUT2D eigenvalue weighted by atomic mass is 10.1. The van der Waals surface area contributed by atoms with Gasteiger partial charge in [0.1, 0.15) is 0 Å². The van der Waals surface area contributed by atoms with Gasteiger partial charge in [-0.3, -0.25) is 4.68 Å². The number of aromatic nitrogens is 2. The first-order chi connectivity index (χ1) is 8.01. The summed E-state index contributed by atoms with van der Waals surface area (Å²) in [7, 11) is 1.95. The van der Waals surface area contributed by atoms with Crippen LogP contribution in [0.4, 0.5) is 0 Å². The molecule has 0 aromatic carbocycles. The van der Waals surface area contributed by atoms with Crippen molar-refractivity contribution in [1.82, 2.24) is 15.1 Å². The van der Waals surface area contributed by atoms with E-state index < -0.39 is 0 Å². The molecular weight excluding hydrogens is 349 g/mol. The number of nitrogens with one attached hydrogen (secondary N) is 1. The number of nitrogens with zero attached hydrogens (tertiary/aromatic N) is 2. The number of rotatable bonds is 6. The van der Waals surface area contributed by atoms with Crippen LogP contribution < -0.4 is 5.32 Å². The zero-order valence-electron chi connectivity index (χ0n) is 10.9. The number of hydrogen-bond acceptors (Lipinski definition) is 2. The van der Waals surface area contributed by atoms with Crippen LogP contribution in [0.5, 0.6) is 0 Å². The van der Waals surface area contributed by atoms with Gasteiger partial charge in [0, 0.05) is 24.1 Å². The van der Waals surface area contributed by atoms with Crippen molar-refractivity contribution in [3.8, 4) is 0 Å². The van der Waals surface area contributed by atoms with Crippen molar-refractivity contribution < 1.29 is 0 Å². The van der Waals surface area contributed by atoms with Gasteiger partial charge in [-0.05, 0) is 12.3 Å². The predicted octanol–water partition coefficient (Wildman–Crippen LogP) is 3.19. The minimum Gasteiger partial charge on any atom is -0.307 e. The Hall–Kier alpha value is 0.190. The molecule has 1 N–H and O–H groups in total. The Labute approximate surface area is 122 Å². The van der Waals surface area contributed by atoms with E-state index >= 15 is 0 Å². The second-order valence-corrected chi connectivity index (χ2v) is 5.83. The number of halogens is 2. The average Bonchev–Trinajstić information content (AvgIpc) is 2.56. The highest BCUT2D eigenvalue weighted by molar-refractivity contribution is 14.1. The standard InChI is InChI=1S/C12H21ClIN3/c1-5-9-12(13)11(17(4)16-9)7-15-10(6-14)8(2)3/h8,10,15H,5-7H2,1-4H3. The third-order valence-electron chi connectivity index (χ3n) is 3.01. The van der Waals surface area contributed by atoms with Gasteiger partial charge in [0.05, 0.1) is 16.4 Å². The lowest BCUT2D eigenvalue weighted by Gasteiger charge is -2.20. The largest absolute Gasteiger partial charge is 0.307 e. The molecule has 98 valence electrons. The van der Waals surface area contributed by atoms with E-state index in [0.29, 0.717) is 12.0 Å². The summed E-state index contributed by atoms with van der Waals surface area (Å²) in [5.41, 5.74) is 2.07. The fourth-order valence-corrected chi connectivity index (χ4v) is 3.40. The van der Waals surface area contributed by atoms with Crippen molar-refractivity contribution in [2.24, 2.45) is 13.0 Å². The monoisotopic (exact) mass is 369 g/mol. The summed E-state index contributed by atoms with van der Waals surface area (Å²) >= 11 is 8.73. The fraction of sp³-hybridized carbons (Fsp3) is 0.750. The van der Waals surface area contributed by atoms with Crippen LogP contribution in [0.15, 0.2) is 0 Å². The third kappa shape index (κ3) is 3.83. The minimum absolute atomic E-state index is 0.520. The highest BCUT2D eigenvalue weighted by Gasteiger charge is 2.16. The Bertz CT molecular complexity index is 363. The second kappa shape index (κ2) is 6.95. The SMILES string of the molecule is CCc1nn(C)c(CNC(CI)C(C)C)c1Cl. The van der Waals surface area contributed by atoms with E-state index in [-0.39, 0.29) is 0 Å². The van der Waals surface area contributed by atoms with Gasteiger partial charge in [0.15, 0.2) is 0 Å². The van der Waals surface area contributed by atoms with Gasteiger partial charge >= 0.3 is 0 Å². The summed E-state index contributed by atoms with van der Waals surface area (Å²) in [5.74, 6) is 0.629. The molecule has 0 aliphatic rings. The van der Waals surface area contributed by atoms with Crippen molar-refractivity contribution in [2.75, 3.05) is 4.43 Å². The van der Waals surface area contributed by atoms with Crippen molar-refractivity contribution >= 4 is 34.2 Å². The Kier molecular flexibility index (Phi) is 6.23. The Balaban J connectivity index is 2.72. The maximum Gasteiger partial charge on any atom is 0.0863 e. The molecule has 17 heavy (non-hydrogen) atoms. The molecule has 1 aromatic heterocycles. The van der Waals surface area contributed by atoms with Crippen molar-refractivity contribution in [3.05, 3.63) is 16.4 Å². The summed E-state index contributed by atoms with van der Waals surface area (Å²) in [5, 5.41) is 8.79. The molecule has 1 heterocycles. The van der Waals surface area contributed by atoms with Crippen molar-refractivity contribution in [1.29, 1.82) is 0 Å². The van der Waals surface area contributed by atoms with Gasteiger partial charge in [0.25, 0.3) is 0 Å². The smallest absolute Gasteiger partial charge is 0.0863 e. The molecule has 0 saturated carbocycles. The van der Waals surface area contributed by atoms with E-state index in [9.17, 15) is 0 Å². The summed E-state index contributed by atoms with van der Waals surface area (Å²) in [6, 6.07) is 0.520. The Morgan fingerprint density at radius 3 is 2.53 bits per heavy atom.